The molecule has 0 aliphatic heterocycles. The molecule has 0 amide bonds. The van der Waals surface area contributed by atoms with Crippen molar-refractivity contribution in [1.29, 1.82) is 0 Å². The third-order valence-electron chi connectivity index (χ3n) is 4.36. The van der Waals surface area contributed by atoms with Crippen molar-refractivity contribution in [3.63, 3.8) is 0 Å². The first kappa shape index (κ1) is 22.9. The quantitative estimate of drug-likeness (QED) is 0.483. The van der Waals surface area contributed by atoms with Crippen molar-refractivity contribution in [3.05, 3.63) is 0 Å². The smallest absolute Gasteiger partial charge is 0.320 e. The Morgan fingerprint density at radius 3 is 1.21 bits per heavy atom. The van der Waals surface area contributed by atoms with E-state index in [0.717, 1.165) is 0 Å². The van der Waals surface area contributed by atoms with Crippen LogP contribution in [0.4, 0.5) is 0 Å². The first-order chi connectivity index (χ1) is 10.8. The highest BCUT2D eigenvalue weighted by Crippen LogP contribution is 2.29. The van der Waals surface area contributed by atoms with E-state index in [-0.39, 0.29) is 29.0 Å². The van der Waals surface area contributed by atoms with E-state index in [1.54, 1.807) is 0 Å². The van der Waals surface area contributed by atoms with Crippen LogP contribution < -0.4 is 0 Å². The zero-order valence-electron chi connectivity index (χ0n) is 17.4. The predicted octanol–water partition coefficient (Wildman–Crippen LogP) is 4.99. The fourth-order valence-electron chi connectivity index (χ4n) is 2.81. The molecule has 2 atom stereocenters. The molecule has 4 heteroatoms. The van der Waals surface area contributed by atoms with Crippen LogP contribution in [0.15, 0.2) is 0 Å². The van der Waals surface area contributed by atoms with Crippen LogP contribution in [0.25, 0.3) is 0 Å². The highest BCUT2D eigenvalue weighted by molar-refractivity contribution is 5.95. The molecule has 0 aromatic rings. The Labute approximate surface area is 148 Å². The van der Waals surface area contributed by atoms with E-state index >= 15 is 0 Å². The molecule has 0 bridgehead atoms. The van der Waals surface area contributed by atoms with E-state index in [9.17, 15) is 9.59 Å². The lowest BCUT2D eigenvalue weighted by molar-refractivity contribution is -0.176. The molecule has 0 N–H and O–H groups in total. The normalized spacial score (nSPS) is 16.5. The maximum absolute atomic E-state index is 12.6. The Morgan fingerprint density at radius 1 is 0.750 bits per heavy atom. The number of esters is 2. The summed E-state index contributed by atoms with van der Waals surface area (Å²) in [6.45, 7) is 19.9. The van der Waals surface area contributed by atoms with E-state index in [4.69, 9.17) is 9.47 Å². The molecule has 0 heterocycles. The molecule has 0 rings (SSSR count). The number of hydrogen-bond donors (Lipinski definition) is 0. The Bertz CT molecular complexity index is 376. The first-order valence-corrected chi connectivity index (χ1v) is 9.16. The molecule has 24 heavy (non-hydrogen) atoms. The lowest BCUT2D eigenvalue weighted by atomic mass is 9.86. The van der Waals surface area contributed by atoms with E-state index < -0.39 is 17.9 Å². The molecular weight excluding hydrogens is 304 g/mol. The van der Waals surface area contributed by atoms with Crippen molar-refractivity contribution in [3.8, 4) is 0 Å². The molecular formula is C20H38O4. The summed E-state index contributed by atoms with van der Waals surface area (Å²) in [7, 11) is 0. The zero-order chi connectivity index (χ0) is 19.3. The van der Waals surface area contributed by atoms with E-state index in [2.05, 4.69) is 0 Å². The van der Waals surface area contributed by atoms with Gasteiger partial charge in [0.25, 0.3) is 0 Å². The Kier molecular flexibility index (Phi) is 8.47. The van der Waals surface area contributed by atoms with E-state index in [1.807, 2.05) is 69.2 Å². The third kappa shape index (κ3) is 6.82. The van der Waals surface area contributed by atoms with E-state index in [1.165, 1.54) is 0 Å². The van der Waals surface area contributed by atoms with Gasteiger partial charge in [0.1, 0.15) is 12.2 Å². The molecule has 2 unspecified atom stereocenters. The molecule has 0 saturated heterocycles. The van der Waals surface area contributed by atoms with Crippen LogP contribution in [0.3, 0.4) is 0 Å². The molecule has 0 aromatic heterocycles. The summed E-state index contributed by atoms with van der Waals surface area (Å²) in [5.41, 5.74) is -0.319. The summed E-state index contributed by atoms with van der Waals surface area (Å²) < 4.78 is 11.3. The van der Waals surface area contributed by atoms with Crippen molar-refractivity contribution in [2.75, 3.05) is 0 Å². The second kappa shape index (κ2) is 8.87. The van der Waals surface area contributed by atoms with Crippen LogP contribution in [0, 0.1) is 22.7 Å². The van der Waals surface area contributed by atoms with Gasteiger partial charge < -0.3 is 9.47 Å². The second-order valence-corrected chi connectivity index (χ2v) is 9.12. The SMILES string of the molecule is CCC(OC(=O)C(C(=O)OC(CC)C(C)(C)C)C(C)C)C(C)(C)C. The number of carbonyl (C=O) groups is 2. The number of hydrogen-bond acceptors (Lipinski definition) is 4. The fourth-order valence-corrected chi connectivity index (χ4v) is 2.81. The van der Waals surface area contributed by atoms with Crippen molar-refractivity contribution >= 4 is 11.9 Å². The molecule has 0 saturated carbocycles. The van der Waals surface area contributed by atoms with Crippen LogP contribution in [0.1, 0.15) is 82.1 Å². The standard InChI is InChI=1S/C20H38O4/c1-11-14(19(5,6)7)23-17(21)16(13(3)4)18(22)24-15(12-2)20(8,9)10/h13-16H,11-12H2,1-10H3. The van der Waals surface area contributed by atoms with Crippen LogP contribution in [-0.4, -0.2) is 24.1 Å². The average Bonchev–Trinajstić information content (AvgIpc) is 2.39. The van der Waals surface area contributed by atoms with Crippen LogP contribution in [-0.2, 0) is 19.1 Å². The average molecular weight is 343 g/mol. The van der Waals surface area contributed by atoms with Gasteiger partial charge in [-0.2, -0.15) is 0 Å². The van der Waals surface area contributed by atoms with Crippen molar-refractivity contribution in [1.82, 2.24) is 0 Å². The molecule has 0 fully saturated rings. The molecule has 0 spiro atoms. The Balaban J connectivity index is 5.21. The Hall–Kier alpha value is -1.06. The van der Waals surface area contributed by atoms with Gasteiger partial charge in [0.15, 0.2) is 5.92 Å². The highest BCUT2D eigenvalue weighted by atomic mass is 16.6. The van der Waals surface area contributed by atoms with Crippen molar-refractivity contribution < 1.29 is 19.1 Å². The van der Waals surface area contributed by atoms with Crippen LogP contribution in [0.5, 0.6) is 0 Å². The maximum Gasteiger partial charge on any atom is 0.320 e. The lowest BCUT2D eigenvalue weighted by Crippen LogP contribution is -2.41. The van der Waals surface area contributed by atoms with Gasteiger partial charge in [-0.1, -0.05) is 69.2 Å². The molecule has 0 radical (unpaired) electrons. The van der Waals surface area contributed by atoms with Crippen LogP contribution in [0.2, 0.25) is 0 Å². The number of carbonyl (C=O) groups excluding carboxylic acids is 2. The van der Waals surface area contributed by atoms with Crippen molar-refractivity contribution in [2.45, 2.75) is 94.3 Å². The van der Waals surface area contributed by atoms with Crippen LogP contribution >= 0.6 is 0 Å². The predicted molar refractivity (Wildman–Crippen MR) is 97.6 cm³/mol. The van der Waals surface area contributed by atoms with Gasteiger partial charge in [-0.15, -0.1) is 0 Å². The topological polar surface area (TPSA) is 52.6 Å². The highest BCUT2D eigenvalue weighted by Gasteiger charge is 2.38. The minimum atomic E-state index is -0.877. The maximum atomic E-state index is 12.6. The first-order valence-electron chi connectivity index (χ1n) is 9.16. The molecule has 0 aromatic carbocycles. The summed E-state index contributed by atoms with van der Waals surface area (Å²) in [6.07, 6.45) is 0.996. The van der Waals surface area contributed by atoms with Gasteiger partial charge in [0, 0.05) is 0 Å². The lowest BCUT2D eigenvalue weighted by Gasteiger charge is -2.33. The largest absolute Gasteiger partial charge is 0.461 e. The summed E-state index contributed by atoms with van der Waals surface area (Å²) in [5.74, 6) is -1.99. The van der Waals surface area contributed by atoms with E-state index in [0.29, 0.717) is 12.8 Å². The molecule has 4 nitrogen and oxygen atoms in total. The minimum absolute atomic E-state index is 0.160. The van der Waals surface area contributed by atoms with Gasteiger partial charge in [0.2, 0.25) is 0 Å². The van der Waals surface area contributed by atoms with Crippen molar-refractivity contribution in [2.24, 2.45) is 22.7 Å². The van der Waals surface area contributed by atoms with Gasteiger partial charge in [-0.05, 0) is 29.6 Å². The Morgan fingerprint density at radius 2 is 1.04 bits per heavy atom. The number of ether oxygens (including phenoxy) is 2. The third-order valence-corrected chi connectivity index (χ3v) is 4.36. The molecule has 0 aliphatic rings. The van der Waals surface area contributed by atoms with Gasteiger partial charge in [0.05, 0.1) is 0 Å². The zero-order valence-corrected chi connectivity index (χ0v) is 17.4. The van der Waals surface area contributed by atoms with Gasteiger partial charge >= 0.3 is 11.9 Å². The summed E-state index contributed by atoms with van der Waals surface area (Å²) >= 11 is 0. The molecule has 142 valence electrons. The summed E-state index contributed by atoms with van der Waals surface area (Å²) in [4.78, 5) is 25.3. The number of rotatable bonds is 7. The molecule has 0 aliphatic carbocycles. The second-order valence-electron chi connectivity index (χ2n) is 9.12. The minimum Gasteiger partial charge on any atom is -0.461 e. The van der Waals surface area contributed by atoms with Gasteiger partial charge in [-0.3, -0.25) is 9.59 Å². The fraction of sp³-hybridized carbons (Fsp3) is 0.900. The monoisotopic (exact) mass is 342 g/mol. The van der Waals surface area contributed by atoms with Gasteiger partial charge in [-0.25, -0.2) is 0 Å². The summed E-state index contributed by atoms with van der Waals surface area (Å²) in [6, 6.07) is 0. The summed E-state index contributed by atoms with van der Waals surface area (Å²) in [5, 5.41) is 0.